The van der Waals surface area contributed by atoms with Crippen molar-refractivity contribution in [2.75, 3.05) is 25.0 Å². The van der Waals surface area contributed by atoms with Gasteiger partial charge in [0, 0.05) is 23.7 Å². The molecule has 0 aromatic heterocycles. The van der Waals surface area contributed by atoms with E-state index in [2.05, 4.69) is 5.32 Å². The SMILES string of the molecule is CC(OC(=O)N1CCN2C(=O)c3cc(-c4ccc(Cl)cc4F)ccc3NC(=O)C2C1)c1cc(C(F)(F)F)cc(C(F)(F)F)c1. The van der Waals surface area contributed by atoms with Crippen LogP contribution >= 0.6 is 11.6 Å². The van der Waals surface area contributed by atoms with Crippen LogP contribution in [0.5, 0.6) is 0 Å². The lowest BCUT2D eigenvalue weighted by molar-refractivity contribution is -0.143. The quantitative estimate of drug-likeness (QED) is 0.307. The summed E-state index contributed by atoms with van der Waals surface area (Å²) >= 11 is 5.83. The highest BCUT2D eigenvalue weighted by atomic mass is 35.5. The molecule has 3 aromatic carbocycles. The number of alkyl halides is 6. The molecule has 1 saturated heterocycles. The summed E-state index contributed by atoms with van der Waals surface area (Å²) in [5, 5.41) is 2.79. The van der Waals surface area contributed by atoms with Gasteiger partial charge in [-0.15, -0.1) is 0 Å². The number of nitrogens with one attached hydrogen (secondary N) is 1. The maximum absolute atomic E-state index is 14.5. The fourth-order valence-corrected chi connectivity index (χ4v) is 5.17. The van der Waals surface area contributed by atoms with Gasteiger partial charge >= 0.3 is 18.4 Å². The zero-order valence-corrected chi connectivity index (χ0v) is 23.3. The van der Waals surface area contributed by atoms with E-state index in [0.29, 0.717) is 17.7 Å². The first-order chi connectivity index (χ1) is 20.5. The Bertz CT molecular complexity index is 1630. The Morgan fingerprint density at radius 2 is 1.59 bits per heavy atom. The molecule has 0 bridgehead atoms. The second-order valence-electron chi connectivity index (χ2n) is 10.2. The van der Waals surface area contributed by atoms with E-state index in [-0.39, 0.29) is 47.5 Å². The summed E-state index contributed by atoms with van der Waals surface area (Å²) in [5.74, 6) is -1.85. The Morgan fingerprint density at radius 3 is 2.20 bits per heavy atom. The summed E-state index contributed by atoms with van der Waals surface area (Å²) in [5.41, 5.74) is -2.92. The van der Waals surface area contributed by atoms with Crippen LogP contribution in [0, 0.1) is 5.82 Å². The first-order valence-corrected chi connectivity index (χ1v) is 13.4. The molecule has 5 rings (SSSR count). The summed E-state index contributed by atoms with van der Waals surface area (Å²) in [4.78, 5) is 41.8. The molecule has 0 aliphatic carbocycles. The number of amides is 3. The Kier molecular flexibility index (Phi) is 7.99. The summed E-state index contributed by atoms with van der Waals surface area (Å²) in [7, 11) is 0. The van der Waals surface area contributed by atoms with E-state index >= 15 is 0 Å². The first-order valence-electron chi connectivity index (χ1n) is 13.0. The molecule has 0 spiro atoms. The Balaban J connectivity index is 1.34. The minimum Gasteiger partial charge on any atom is -0.442 e. The molecule has 232 valence electrons. The van der Waals surface area contributed by atoms with E-state index in [1.165, 1.54) is 35.2 Å². The topological polar surface area (TPSA) is 79.0 Å². The largest absolute Gasteiger partial charge is 0.442 e. The Hall–Kier alpha value is -4.33. The van der Waals surface area contributed by atoms with E-state index in [4.69, 9.17) is 16.3 Å². The van der Waals surface area contributed by atoms with Crippen molar-refractivity contribution in [1.29, 1.82) is 0 Å². The van der Waals surface area contributed by atoms with Crippen molar-refractivity contribution in [3.05, 3.63) is 87.7 Å². The number of nitrogens with zero attached hydrogens (tertiary/aromatic N) is 2. The molecular weight excluding hydrogens is 623 g/mol. The average Bonchev–Trinajstić information content (AvgIpc) is 3.05. The Labute approximate surface area is 250 Å². The number of carbonyl (C=O) groups is 3. The number of halogens is 8. The van der Waals surface area contributed by atoms with Gasteiger partial charge in [0.05, 0.1) is 28.9 Å². The van der Waals surface area contributed by atoms with Crippen molar-refractivity contribution >= 4 is 35.2 Å². The van der Waals surface area contributed by atoms with Crippen LogP contribution in [0.25, 0.3) is 11.1 Å². The minimum absolute atomic E-state index is 0.0358. The fourth-order valence-electron chi connectivity index (χ4n) is 5.02. The number of carbonyl (C=O) groups excluding carboxylic acids is 3. The summed E-state index contributed by atoms with van der Waals surface area (Å²) in [6.07, 6.45) is -12.8. The maximum Gasteiger partial charge on any atom is 0.416 e. The third kappa shape index (κ3) is 6.16. The van der Waals surface area contributed by atoms with Gasteiger partial charge in [-0.2, -0.15) is 26.3 Å². The van der Waals surface area contributed by atoms with Gasteiger partial charge < -0.3 is 19.9 Å². The molecule has 3 aromatic rings. The van der Waals surface area contributed by atoms with Crippen molar-refractivity contribution in [2.24, 2.45) is 0 Å². The fraction of sp³-hybridized carbons (Fsp3) is 0.276. The van der Waals surface area contributed by atoms with Crippen molar-refractivity contribution in [1.82, 2.24) is 9.80 Å². The molecule has 1 fully saturated rings. The molecule has 44 heavy (non-hydrogen) atoms. The normalized spacial score (nSPS) is 17.8. The summed E-state index contributed by atoms with van der Waals surface area (Å²) in [6.45, 7) is 0.440. The van der Waals surface area contributed by atoms with E-state index in [1.807, 2.05) is 0 Å². The predicted molar refractivity (Wildman–Crippen MR) is 143 cm³/mol. The number of hydrogen-bond donors (Lipinski definition) is 1. The molecule has 7 nitrogen and oxygen atoms in total. The summed E-state index contributed by atoms with van der Waals surface area (Å²) < 4.78 is 99.4. The van der Waals surface area contributed by atoms with Gasteiger partial charge in [0.15, 0.2) is 0 Å². The molecule has 0 saturated carbocycles. The number of anilines is 1. The zero-order valence-electron chi connectivity index (χ0n) is 22.5. The number of hydrogen-bond acceptors (Lipinski definition) is 4. The monoisotopic (exact) mass is 643 g/mol. The average molecular weight is 644 g/mol. The van der Waals surface area contributed by atoms with Crippen LogP contribution in [0.15, 0.2) is 54.6 Å². The molecule has 15 heteroatoms. The third-order valence-corrected chi connectivity index (χ3v) is 7.54. The number of ether oxygens (including phenoxy) is 1. The highest BCUT2D eigenvalue weighted by Gasteiger charge is 2.42. The predicted octanol–water partition coefficient (Wildman–Crippen LogP) is 7.16. The van der Waals surface area contributed by atoms with Crippen LogP contribution in [-0.2, 0) is 21.9 Å². The molecule has 2 unspecified atom stereocenters. The van der Waals surface area contributed by atoms with Gasteiger partial charge in [0.25, 0.3) is 5.91 Å². The lowest BCUT2D eigenvalue weighted by atomic mass is 10.0. The molecule has 1 N–H and O–H groups in total. The highest BCUT2D eigenvalue weighted by Crippen LogP contribution is 2.38. The van der Waals surface area contributed by atoms with Crippen molar-refractivity contribution in [3.8, 4) is 11.1 Å². The lowest BCUT2D eigenvalue weighted by Gasteiger charge is -2.39. The molecule has 2 aliphatic heterocycles. The van der Waals surface area contributed by atoms with E-state index in [9.17, 15) is 45.1 Å². The van der Waals surface area contributed by atoms with Crippen LogP contribution in [-0.4, -0.2) is 53.4 Å². The minimum atomic E-state index is -5.09. The number of rotatable bonds is 3. The van der Waals surface area contributed by atoms with Gasteiger partial charge in [0.1, 0.15) is 18.0 Å². The van der Waals surface area contributed by atoms with Crippen molar-refractivity contribution in [2.45, 2.75) is 31.4 Å². The molecule has 2 aliphatic rings. The highest BCUT2D eigenvalue weighted by molar-refractivity contribution is 6.30. The van der Waals surface area contributed by atoms with Gasteiger partial charge in [0.2, 0.25) is 5.91 Å². The number of piperazine rings is 1. The van der Waals surface area contributed by atoms with Crippen LogP contribution in [0.4, 0.5) is 41.2 Å². The summed E-state index contributed by atoms with van der Waals surface area (Å²) in [6, 6.07) is 8.08. The number of benzene rings is 3. The molecule has 2 heterocycles. The zero-order chi connectivity index (χ0) is 32.1. The van der Waals surface area contributed by atoms with E-state index in [1.54, 1.807) is 0 Å². The Morgan fingerprint density at radius 1 is 0.932 bits per heavy atom. The lowest BCUT2D eigenvalue weighted by Crippen LogP contribution is -2.59. The van der Waals surface area contributed by atoms with Crippen LogP contribution < -0.4 is 5.32 Å². The van der Waals surface area contributed by atoms with Gasteiger partial charge in [-0.3, -0.25) is 9.59 Å². The molecule has 0 radical (unpaired) electrons. The second-order valence-corrected chi connectivity index (χ2v) is 10.6. The van der Waals surface area contributed by atoms with Crippen LogP contribution in [0.1, 0.15) is 40.1 Å². The molecule has 3 amide bonds. The van der Waals surface area contributed by atoms with Crippen LogP contribution in [0.3, 0.4) is 0 Å². The second kappa shape index (κ2) is 11.3. The maximum atomic E-state index is 14.5. The first kappa shape index (κ1) is 31.1. The van der Waals surface area contributed by atoms with Gasteiger partial charge in [-0.25, -0.2) is 9.18 Å². The molecule has 2 atom stereocenters. The third-order valence-electron chi connectivity index (χ3n) is 7.31. The van der Waals surface area contributed by atoms with Crippen molar-refractivity contribution < 1.29 is 49.9 Å². The van der Waals surface area contributed by atoms with E-state index < -0.39 is 64.9 Å². The van der Waals surface area contributed by atoms with Gasteiger partial charge in [-0.1, -0.05) is 17.7 Å². The number of fused-ring (bicyclic) bond motifs is 2. The molecular formula is C29H21ClF7N3O4. The van der Waals surface area contributed by atoms with Crippen LogP contribution in [0.2, 0.25) is 5.02 Å². The van der Waals surface area contributed by atoms with Gasteiger partial charge in [-0.05, 0) is 66.6 Å². The van der Waals surface area contributed by atoms with E-state index in [0.717, 1.165) is 17.9 Å². The standard InChI is InChI=1S/C29H21ClF7N3O4/c1-14(16-8-17(28(32,33)34)11-18(9-16)29(35,36)37)44-27(43)39-6-7-40-24(13-39)25(41)38-23-5-2-15(10-21(23)26(40)42)20-4-3-19(30)12-22(20)31/h2-5,8-12,14,24H,6-7,13H2,1H3,(H,38,41). The smallest absolute Gasteiger partial charge is 0.416 e. The van der Waals surface area contributed by atoms with Crippen molar-refractivity contribution in [3.63, 3.8) is 0 Å².